The number of Topliss-reactive ketones (excluding diaryl/α,β-unsaturated/α-hetero) is 1. The maximum atomic E-state index is 13.4. The molecule has 0 aromatic heterocycles. The van der Waals surface area contributed by atoms with Gasteiger partial charge in [0.1, 0.15) is 23.2 Å². The number of primary amides is 1. The second-order valence-electron chi connectivity index (χ2n) is 10.5. The largest absolute Gasteiger partial charge is 0.444 e. The lowest BCUT2D eigenvalue weighted by Gasteiger charge is -2.35. The summed E-state index contributed by atoms with van der Waals surface area (Å²) in [6, 6.07) is -2.16. The van der Waals surface area contributed by atoms with Crippen LogP contribution < -0.4 is 16.4 Å². The zero-order chi connectivity index (χ0) is 24.6. The van der Waals surface area contributed by atoms with Crippen molar-refractivity contribution in [3.63, 3.8) is 0 Å². The topological polar surface area (TPSA) is 148 Å². The summed E-state index contributed by atoms with van der Waals surface area (Å²) in [4.78, 5) is 64.0. The minimum atomic E-state index is -1.25. The number of hydrogen-bond acceptors (Lipinski definition) is 6. The number of ketones is 1. The summed E-state index contributed by atoms with van der Waals surface area (Å²) < 4.78 is 5.27. The number of amides is 4. The quantitative estimate of drug-likeness (QED) is 0.506. The zero-order valence-electron chi connectivity index (χ0n) is 19.6. The van der Waals surface area contributed by atoms with Crippen LogP contribution in [-0.2, 0) is 23.9 Å². The van der Waals surface area contributed by atoms with Crippen LogP contribution >= 0.6 is 0 Å². The van der Waals surface area contributed by atoms with Crippen LogP contribution in [-0.4, -0.2) is 64.3 Å². The smallest absolute Gasteiger partial charge is 0.408 e. The molecule has 2 aliphatic rings. The Hall–Kier alpha value is -2.91. The van der Waals surface area contributed by atoms with Crippen molar-refractivity contribution in [3.8, 4) is 0 Å². The lowest BCUT2D eigenvalue weighted by molar-refractivity contribution is -0.143. The van der Waals surface area contributed by atoms with Gasteiger partial charge >= 0.3 is 6.09 Å². The molecule has 1 saturated heterocycles. The highest BCUT2D eigenvalue weighted by Crippen LogP contribution is 2.44. The van der Waals surface area contributed by atoms with E-state index < -0.39 is 52.5 Å². The molecule has 1 aliphatic heterocycles. The summed E-state index contributed by atoms with van der Waals surface area (Å²) in [5.41, 5.74) is 2.71. The Morgan fingerprint density at radius 3 is 2.25 bits per heavy atom. The zero-order valence-corrected chi connectivity index (χ0v) is 19.6. The van der Waals surface area contributed by atoms with Gasteiger partial charge in [0.15, 0.2) is 5.78 Å². The van der Waals surface area contributed by atoms with E-state index >= 15 is 0 Å². The van der Waals surface area contributed by atoms with Crippen LogP contribution in [0.2, 0.25) is 0 Å². The van der Waals surface area contributed by atoms with Gasteiger partial charge in [-0.2, -0.15) is 0 Å². The minimum absolute atomic E-state index is 0.186. The number of nitrogens with two attached hydrogens (primary N) is 1. The number of carbonyl (C=O) groups excluding carboxylic acids is 5. The molecule has 4 atom stereocenters. The Morgan fingerprint density at radius 1 is 1.22 bits per heavy atom. The monoisotopic (exact) mass is 450 g/mol. The Bertz CT molecular complexity index is 840. The molecular formula is C22H34N4O6. The van der Waals surface area contributed by atoms with Gasteiger partial charge in [0, 0.05) is 12.3 Å². The summed E-state index contributed by atoms with van der Waals surface area (Å²) in [7, 11) is 0. The summed E-state index contributed by atoms with van der Waals surface area (Å²) in [6.45, 7) is 13.7. The number of nitrogens with zero attached hydrogens (tertiary/aromatic N) is 1. The first kappa shape index (κ1) is 25.4. The van der Waals surface area contributed by atoms with Crippen molar-refractivity contribution in [2.45, 2.75) is 77.6 Å². The molecular weight excluding hydrogens is 416 g/mol. The molecule has 4 amide bonds. The molecule has 0 radical (unpaired) electrons. The molecule has 1 heterocycles. The Balaban J connectivity index is 2.23. The molecule has 1 aliphatic carbocycles. The fourth-order valence-corrected chi connectivity index (χ4v) is 3.76. The second-order valence-corrected chi connectivity index (χ2v) is 10.5. The van der Waals surface area contributed by atoms with Crippen LogP contribution in [0.25, 0.3) is 0 Å². The van der Waals surface area contributed by atoms with Gasteiger partial charge in [0.05, 0.1) is 6.54 Å². The number of rotatable bonds is 6. The van der Waals surface area contributed by atoms with E-state index in [0.717, 1.165) is 4.90 Å². The van der Waals surface area contributed by atoms with Crippen LogP contribution in [0.4, 0.5) is 4.79 Å². The average Bonchev–Trinajstić information content (AvgIpc) is 3.20. The van der Waals surface area contributed by atoms with E-state index in [1.807, 2.05) is 0 Å². The van der Waals surface area contributed by atoms with Gasteiger partial charge < -0.3 is 26.0 Å². The van der Waals surface area contributed by atoms with Gasteiger partial charge in [-0.15, -0.1) is 6.58 Å². The number of likely N-dealkylation sites (tertiary alicyclic amines) is 1. The van der Waals surface area contributed by atoms with Crippen molar-refractivity contribution in [2.75, 3.05) is 6.54 Å². The van der Waals surface area contributed by atoms with Gasteiger partial charge in [0.25, 0.3) is 0 Å². The van der Waals surface area contributed by atoms with Crippen molar-refractivity contribution in [1.29, 1.82) is 0 Å². The third-order valence-corrected chi connectivity index (χ3v) is 5.59. The van der Waals surface area contributed by atoms with Crippen LogP contribution in [0.5, 0.6) is 0 Å². The molecule has 4 N–H and O–H groups in total. The van der Waals surface area contributed by atoms with E-state index in [9.17, 15) is 24.0 Å². The molecule has 10 heteroatoms. The number of ether oxygens (including phenoxy) is 1. The summed E-state index contributed by atoms with van der Waals surface area (Å²) >= 11 is 0. The summed E-state index contributed by atoms with van der Waals surface area (Å²) in [5.74, 6) is -2.53. The number of hydrogen-bond donors (Lipinski definition) is 3. The molecule has 2 rings (SSSR count). The Morgan fingerprint density at radius 2 is 1.81 bits per heavy atom. The molecule has 0 aromatic carbocycles. The highest BCUT2D eigenvalue weighted by Gasteiger charge is 2.60. The fraction of sp³-hybridized carbons (Fsp3) is 0.682. The molecule has 0 bridgehead atoms. The highest BCUT2D eigenvalue weighted by molar-refractivity contribution is 6.03. The number of nitrogens with one attached hydrogen (secondary N) is 2. The first-order valence-corrected chi connectivity index (χ1v) is 10.6. The molecule has 32 heavy (non-hydrogen) atoms. The Kier molecular flexibility index (Phi) is 6.78. The number of alkyl carbamates (subject to hydrolysis) is 1. The molecule has 2 fully saturated rings. The summed E-state index contributed by atoms with van der Waals surface area (Å²) in [5, 5.41) is 5.20. The van der Waals surface area contributed by atoms with Crippen molar-refractivity contribution < 1.29 is 28.7 Å². The van der Waals surface area contributed by atoms with Crippen LogP contribution in [0.3, 0.4) is 0 Å². The third kappa shape index (κ3) is 5.46. The van der Waals surface area contributed by atoms with Crippen molar-refractivity contribution in [1.82, 2.24) is 15.5 Å². The van der Waals surface area contributed by atoms with Gasteiger partial charge in [-0.1, -0.05) is 26.8 Å². The predicted molar refractivity (Wildman–Crippen MR) is 116 cm³/mol. The SMILES string of the molecule is C=C[C@@H]1C[C@]1(NC(=O)[C@@H]1CC(=O)CN1C(=O)[C@@H](NC(=O)OC(C)(C)C)C(C)(C)C)C(N)=O. The lowest BCUT2D eigenvalue weighted by atomic mass is 9.85. The summed E-state index contributed by atoms with van der Waals surface area (Å²) in [6.07, 6.45) is 0.886. The van der Waals surface area contributed by atoms with E-state index in [1.54, 1.807) is 41.5 Å². The molecule has 10 nitrogen and oxygen atoms in total. The van der Waals surface area contributed by atoms with E-state index in [2.05, 4.69) is 17.2 Å². The second kappa shape index (κ2) is 8.55. The molecule has 178 valence electrons. The predicted octanol–water partition coefficient (Wildman–Crippen LogP) is 0.642. The lowest BCUT2D eigenvalue weighted by Crippen LogP contribution is -2.59. The molecule has 0 aromatic rings. The van der Waals surface area contributed by atoms with Gasteiger partial charge in [-0.3, -0.25) is 19.2 Å². The third-order valence-electron chi connectivity index (χ3n) is 5.59. The highest BCUT2D eigenvalue weighted by atomic mass is 16.6. The standard InChI is InChI=1S/C22H34N4O6/c1-8-12-10-22(12,18(23)30)25-16(28)14-9-13(27)11-26(14)17(29)15(20(2,3)4)24-19(31)32-21(5,6)7/h8,12,14-15H,1,9-11H2,2-7H3,(H2,23,30)(H,24,31)(H,25,28)/t12-,14+,15-,22-/m1/s1. The van der Waals surface area contributed by atoms with Crippen molar-refractivity contribution >= 4 is 29.6 Å². The first-order chi connectivity index (χ1) is 14.5. The minimum Gasteiger partial charge on any atom is -0.444 e. The molecule has 0 spiro atoms. The van der Waals surface area contributed by atoms with Crippen LogP contribution in [0, 0.1) is 11.3 Å². The average molecular weight is 451 g/mol. The van der Waals surface area contributed by atoms with Gasteiger partial charge in [-0.25, -0.2) is 4.79 Å². The van der Waals surface area contributed by atoms with E-state index in [0.29, 0.717) is 6.42 Å². The van der Waals surface area contributed by atoms with Crippen molar-refractivity contribution in [3.05, 3.63) is 12.7 Å². The van der Waals surface area contributed by atoms with Crippen LogP contribution in [0.15, 0.2) is 12.7 Å². The van der Waals surface area contributed by atoms with E-state index in [1.165, 1.54) is 6.08 Å². The first-order valence-electron chi connectivity index (χ1n) is 10.6. The van der Waals surface area contributed by atoms with Crippen molar-refractivity contribution in [2.24, 2.45) is 17.1 Å². The number of carbonyl (C=O) groups is 5. The van der Waals surface area contributed by atoms with Gasteiger partial charge in [0.2, 0.25) is 17.7 Å². The van der Waals surface area contributed by atoms with Crippen LogP contribution in [0.1, 0.15) is 54.4 Å². The fourth-order valence-electron chi connectivity index (χ4n) is 3.76. The normalized spacial score (nSPS) is 26.2. The maximum Gasteiger partial charge on any atom is 0.408 e. The van der Waals surface area contributed by atoms with E-state index in [-0.39, 0.29) is 24.7 Å². The maximum absolute atomic E-state index is 13.4. The molecule has 0 unspecified atom stereocenters. The Labute approximate surface area is 188 Å². The van der Waals surface area contributed by atoms with Gasteiger partial charge in [-0.05, 0) is 32.6 Å². The molecule has 1 saturated carbocycles. The van der Waals surface area contributed by atoms with E-state index in [4.69, 9.17) is 10.5 Å².